The predicted molar refractivity (Wildman–Crippen MR) is 51.2 cm³/mol. The quantitative estimate of drug-likeness (QED) is 0.693. The van der Waals surface area contributed by atoms with Crippen LogP contribution in [0, 0.1) is 0 Å². The van der Waals surface area contributed by atoms with Gasteiger partial charge in [-0.05, 0) is 40.5 Å². The van der Waals surface area contributed by atoms with E-state index in [9.17, 15) is 5.11 Å². The number of ether oxygens (including phenoxy) is 1. The second-order valence-electron chi connectivity index (χ2n) is 4.52. The zero-order valence-corrected chi connectivity index (χ0v) is 8.98. The van der Waals surface area contributed by atoms with Gasteiger partial charge in [0.1, 0.15) is 0 Å². The van der Waals surface area contributed by atoms with E-state index in [1.807, 2.05) is 0 Å². The van der Waals surface area contributed by atoms with E-state index < -0.39 is 5.60 Å². The number of hydrogen-bond donors (Lipinski definition) is 1. The van der Waals surface area contributed by atoms with Crippen molar-refractivity contribution in [3.05, 3.63) is 0 Å². The highest BCUT2D eigenvalue weighted by Gasteiger charge is 2.18. The van der Waals surface area contributed by atoms with Crippen molar-refractivity contribution in [3.63, 3.8) is 0 Å². The van der Waals surface area contributed by atoms with Gasteiger partial charge in [0.2, 0.25) is 0 Å². The van der Waals surface area contributed by atoms with E-state index in [1.165, 1.54) is 0 Å². The Morgan fingerprint density at radius 3 is 2.00 bits per heavy atom. The first-order valence-corrected chi connectivity index (χ1v) is 4.63. The van der Waals surface area contributed by atoms with E-state index in [0.29, 0.717) is 13.0 Å². The summed E-state index contributed by atoms with van der Waals surface area (Å²) < 4.78 is 5.59. The summed E-state index contributed by atoms with van der Waals surface area (Å²) >= 11 is 0. The van der Waals surface area contributed by atoms with Crippen LogP contribution in [-0.4, -0.2) is 22.9 Å². The molecule has 0 spiro atoms. The van der Waals surface area contributed by atoms with E-state index in [4.69, 9.17) is 4.74 Å². The third-order valence-electron chi connectivity index (χ3n) is 2.06. The summed E-state index contributed by atoms with van der Waals surface area (Å²) in [6.07, 6.45) is 1.69. The summed E-state index contributed by atoms with van der Waals surface area (Å²) in [7, 11) is 0. The van der Waals surface area contributed by atoms with Gasteiger partial charge in [-0.2, -0.15) is 0 Å². The fraction of sp³-hybridized carbons (Fsp3) is 1.00. The van der Waals surface area contributed by atoms with Crippen molar-refractivity contribution >= 4 is 0 Å². The van der Waals surface area contributed by atoms with Crippen LogP contribution in [0.2, 0.25) is 0 Å². The summed E-state index contributed by atoms with van der Waals surface area (Å²) in [4.78, 5) is 0. The van der Waals surface area contributed by atoms with E-state index in [0.717, 1.165) is 6.42 Å². The molecule has 0 aromatic rings. The Labute approximate surface area is 75.9 Å². The first-order chi connectivity index (χ1) is 5.27. The topological polar surface area (TPSA) is 29.5 Å². The normalized spacial score (nSPS) is 13.5. The summed E-state index contributed by atoms with van der Waals surface area (Å²) in [6, 6.07) is 0. The van der Waals surface area contributed by atoms with Crippen molar-refractivity contribution in [2.45, 2.75) is 58.7 Å². The van der Waals surface area contributed by atoms with Crippen LogP contribution in [0.25, 0.3) is 0 Å². The van der Waals surface area contributed by atoms with E-state index in [2.05, 4.69) is 20.8 Å². The minimum Gasteiger partial charge on any atom is -0.390 e. The Morgan fingerprint density at radius 2 is 1.67 bits per heavy atom. The Balaban J connectivity index is 3.57. The smallest absolute Gasteiger partial charge is 0.0623 e. The molecule has 0 atom stereocenters. The molecule has 12 heavy (non-hydrogen) atoms. The lowest BCUT2D eigenvalue weighted by Gasteiger charge is -2.25. The molecule has 0 aliphatic heterocycles. The molecular weight excluding hydrogens is 152 g/mol. The maximum atomic E-state index is 9.41. The van der Waals surface area contributed by atoms with Gasteiger partial charge in [0.25, 0.3) is 0 Å². The van der Waals surface area contributed by atoms with Gasteiger partial charge in [-0.15, -0.1) is 0 Å². The maximum Gasteiger partial charge on any atom is 0.0623 e. The molecule has 2 nitrogen and oxygen atoms in total. The van der Waals surface area contributed by atoms with E-state index in [1.54, 1.807) is 13.8 Å². The van der Waals surface area contributed by atoms with Crippen molar-refractivity contribution in [2.75, 3.05) is 6.61 Å². The van der Waals surface area contributed by atoms with Crippen molar-refractivity contribution < 1.29 is 9.84 Å². The van der Waals surface area contributed by atoms with Gasteiger partial charge in [0, 0.05) is 0 Å². The molecule has 0 unspecified atom stereocenters. The highest BCUT2D eigenvalue weighted by molar-refractivity contribution is 4.68. The molecule has 0 bridgehead atoms. The monoisotopic (exact) mass is 174 g/mol. The Bertz CT molecular complexity index is 122. The molecule has 0 aromatic carbocycles. The molecule has 0 saturated carbocycles. The predicted octanol–water partition coefficient (Wildman–Crippen LogP) is 2.35. The van der Waals surface area contributed by atoms with E-state index >= 15 is 0 Å². The van der Waals surface area contributed by atoms with Gasteiger partial charge in [-0.3, -0.25) is 0 Å². The zero-order valence-electron chi connectivity index (χ0n) is 8.98. The molecule has 0 heterocycles. The second kappa shape index (κ2) is 4.24. The molecule has 0 amide bonds. The molecule has 0 aliphatic rings. The third-order valence-corrected chi connectivity index (χ3v) is 2.06. The SMILES string of the molecule is CCC(C)(C)OCCC(C)(C)O. The highest BCUT2D eigenvalue weighted by atomic mass is 16.5. The first-order valence-electron chi connectivity index (χ1n) is 4.63. The van der Waals surface area contributed by atoms with Crippen LogP contribution < -0.4 is 0 Å². The number of hydrogen-bond acceptors (Lipinski definition) is 2. The van der Waals surface area contributed by atoms with Crippen LogP contribution in [-0.2, 0) is 4.74 Å². The van der Waals surface area contributed by atoms with Gasteiger partial charge in [0.15, 0.2) is 0 Å². The van der Waals surface area contributed by atoms with Crippen LogP contribution in [0.4, 0.5) is 0 Å². The van der Waals surface area contributed by atoms with Gasteiger partial charge >= 0.3 is 0 Å². The Hall–Kier alpha value is -0.0800. The van der Waals surface area contributed by atoms with Crippen molar-refractivity contribution in [1.82, 2.24) is 0 Å². The number of aliphatic hydroxyl groups is 1. The molecule has 0 fully saturated rings. The first kappa shape index (κ1) is 11.9. The minimum absolute atomic E-state index is 0.0503. The fourth-order valence-electron chi connectivity index (χ4n) is 0.679. The average molecular weight is 174 g/mol. The van der Waals surface area contributed by atoms with Crippen molar-refractivity contribution in [3.8, 4) is 0 Å². The van der Waals surface area contributed by atoms with E-state index in [-0.39, 0.29) is 5.60 Å². The van der Waals surface area contributed by atoms with Crippen LogP contribution in [0.5, 0.6) is 0 Å². The molecule has 74 valence electrons. The lowest BCUT2D eigenvalue weighted by atomic mass is 10.0. The van der Waals surface area contributed by atoms with Gasteiger partial charge in [-0.25, -0.2) is 0 Å². The summed E-state index contributed by atoms with van der Waals surface area (Å²) in [5, 5.41) is 9.41. The van der Waals surface area contributed by atoms with Crippen molar-refractivity contribution in [2.24, 2.45) is 0 Å². The molecule has 0 aliphatic carbocycles. The lowest BCUT2D eigenvalue weighted by Crippen LogP contribution is -2.28. The highest BCUT2D eigenvalue weighted by Crippen LogP contribution is 2.16. The molecule has 2 heteroatoms. The molecular formula is C10H22O2. The molecule has 0 rings (SSSR count). The fourth-order valence-corrected chi connectivity index (χ4v) is 0.679. The Morgan fingerprint density at radius 1 is 1.17 bits per heavy atom. The molecule has 0 aromatic heterocycles. The minimum atomic E-state index is -0.607. The second-order valence-corrected chi connectivity index (χ2v) is 4.52. The maximum absolute atomic E-state index is 9.41. The Kier molecular flexibility index (Phi) is 4.21. The summed E-state index contributed by atoms with van der Waals surface area (Å²) in [5.41, 5.74) is -0.658. The largest absolute Gasteiger partial charge is 0.390 e. The van der Waals surface area contributed by atoms with Crippen LogP contribution >= 0.6 is 0 Å². The van der Waals surface area contributed by atoms with Crippen LogP contribution in [0.15, 0.2) is 0 Å². The van der Waals surface area contributed by atoms with Crippen molar-refractivity contribution in [1.29, 1.82) is 0 Å². The zero-order chi connectivity index (χ0) is 9.83. The molecule has 0 saturated heterocycles. The summed E-state index contributed by atoms with van der Waals surface area (Å²) in [6.45, 7) is 10.5. The lowest BCUT2D eigenvalue weighted by molar-refractivity contribution is -0.0474. The van der Waals surface area contributed by atoms with Crippen LogP contribution in [0.1, 0.15) is 47.5 Å². The standard InChI is InChI=1S/C10H22O2/c1-6-10(4,5)12-8-7-9(2,3)11/h11H,6-8H2,1-5H3. The van der Waals surface area contributed by atoms with Gasteiger partial charge in [-0.1, -0.05) is 6.92 Å². The molecule has 0 radical (unpaired) electrons. The summed E-state index contributed by atoms with van der Waals surface area (Å²) in [5.74, 6) is 0. The van der Waals surface area contributed by atoms with Gasteiger partial charge in [0.05, 0.1) is 17.8 Å². The van der Waals surface area contributed by atoms with Gasteiger partial charge < -0.3 is 9.84 Å². The number of rotatable bonds is 5. The van der Waals surface area contributed by atoms with Crippen LogP contribution in [0.3, 0.4) is 0 Å². The molecule has 1 N–H and O–H groups in total. The average Bonchev–Trinajstić information content (AvgIpc) is 1.84. The third kappa shape index (κ3) is 6.62.